The van der Waals surface area contributed by atoms with Crippen LogP contribution in [0.5, 0.6) is 0 Å². The first-order chi connectivity index (χ1) is 10.0. The van der Waals surface area contributed by atoms with Crippen LogP contribution in [0.25, 0.3) is 10.2 Å². The van der Waals surface area contributed by atoms with Crippen molar-refractivity contribution in [1.29, 1.82) is 0 Å². The fourth-order valence-electron chi connectivity index (χ4n) is 2.23. The molecule has 0 bridgehead atoms. The summed E-state index contributed by atoms with van der Waals surface area (Å²) in [5.41, 5.74) is 6.99. The molecule has 3 rings (SSSR count). The summed E-state index contributed by atoms with van der Waals surface area (Å²) >= 11 is 5.13. The van der Waals surface area contributed by atoms with Gasteiger partial charge in [0, 0.05) is 9.35 Å². The summed E-state index contributed by atoms with van der Waals surface area (Å²) in [5, 5.41) is 4.46. The lowest BCUT2D eigenvalue weighted by Gasteiger charge is -2.16. The van der Waals surface area contributed by atoms with Gasteiger partial charge in [-0.1, -0.05) is 28.1 Å². The molecule has 0 amide bonds. The minimum absolute atomic E-state index is 0.125. The number of hydrogen-bond donors (Lipinski definition) is 2. The van der Waals surface area contributed by atoms with Crippen LogP contribution in [0.4, 0.5) is 11.8 Å². The van der Waals surface area contributed by atoms with Crippen LogP contribution in [-0.2, 0) is 0 Å². The predicted molar refractivity (Wildman–Crippen MR) is 92.7 cm³/mol. The Bertz CT molecular complexity index is 799. The van der Waals surface area contributed by atoms with Crippen LogP contribution in [0.2, 0.25) is 0 Å². The molecular formula is C15H15BrN4S. The van der Waals surface area contributed by atoms with Crippen LogP contribution in [0.1, 0.15) is 23.4 Å². The van der Waals surface area contributed by atoms with Gasteiger partial charge < -0.3 is 11.1 Å². The van der Waals surface area contributed by atoms with Gasteiger partial charge in [0.05, 0.1) is 11.4 Å². The highest BCUT2D eigenvalue weighted by molar-refractivity contribution is 9.10. The van der Waals surface area contributed by atoms with E-state index in [9.17, 15) is 0 Å². The van der Waals surface area contributed by atoms with Crippen molar-refractivity contribution in [2.45, 2.75) is 19.9 Å². The van der Waals surface area contributed by atoms with Gasteiger partial charge in [-0.25, -0.2) is 4.98 Å². The fraction of sp³-hybridized carbons (Fsp3) is 0.200. The van der Waals surface area contributed by atoms with Crippen molar-refractivity contribution < 1.29 is 0 Å². The molecule has 1 aromatic carbocycles. The summed E-state index contributed by atoms with van der Waals surface area (Å²) in [7, 11) is 0. The van der Waals surface area contributed by atoms with Crippen LogP contribution < -0.4 is 11.1 Å². The van der Waals surface area contributed by atoms with Gasteiger partial charge in [-0.2, -0.15) is 4.98 Å². The van der Waals surface area contributed by atoms with Gasteiger partial charge in [0.25, 0.3) is 0 Å². The quantitative estimate of drug-likeness (QED) is 0.718. The number of nitrogens with one attached hydrogen (secondary N) is 1. The highest BCUT2D eigenvalue weighted by Crippen LogP contribution is 2.31. The minimum Gasteiger partial charge on any atom is -0.368 e. The molecule has 2 heterocycles. The number of nitrogens with two attached hydrogens (primary N) is 1. The second kappa shape index (κ2) is 5.61. The third-order valence-electron chi connectivity index (χ3n) is 3.24. The molecule has 1 unspecified atom stereocenters. The summed E-state index contributed by atoms with van der Waals surface area (Å²) < 4.78 is 1.06. The van der Waals surface area contributed by atoms with Crippen molar-refractivity contribution in [1.82, 2.24) is 9.97 Å². The van der Waals surface area contributed by atoms with E-state index in [2.05, 4.69) is 63.3 Å². The normalized spacial score (nSPS) is 12.5. The van der Waals surface area contributed by atoms with Gasteiger partial charge in [-0.05, 0) is 37.6 Å². The number of hydrogen-bond acceptors (Lipinski definition) is 5. The van der Waals surface area contributed by atoms with E-state index in [1.54, 1.807) is 11.3 Å². The van der Waals surface area contributed by atoms with Crippen LogP contribution in [0.15, 0.2) is 34.8 Å². The van der Waals surface area contributed by atoms with Crippen molar-refractivity contribution in [3.8, 4) is 0 Å². The van der Waals surface area contributed by atoms with Crippen molar-refractivity contribution in [3.63, 3.8) is 0 Å². The van der Waals surface area contributed by atoms with E-state index < -0.39 is 0 Å². The summed E-state index contributed by atoms with van der Waals surface area (Å²) in [6, 6.07) is 10.4. The van der Waals surface area contributed by atoms with Crippen molar-refractivity contribution >= 4 is 49.2 Å². The number of aryl methyl sites for hydroxylation is 1. The average molecular weight is 363 g/mol. The number of rotatable bonds is 3. The Hall–Kier alpha value is -1.66. The molecule has 1 atom stereocenters. The number of fused-ring (bicyclic) bond motifs is 1. The Morgan fingerprint density at radius 2 is 2.10 bits per heavy atom. The Morgan fingerprint density at radius 3 is 2.86 bits per heavy atom. The van der Waals surface area contributed by atoms with Crippen molar-refractivity contribution in [3.05, 3.63) is 45.2 Å². The molecule has 3 N–H and O–H groups in total. The van der Waals surface area contributed by atoms with Crippen molar-refractivity contribution in [2.75, 3.05) is 11.1 Å². The smallest absolute Gasteiger partial charge is 0.223 e. The lowest BCUT2D eigenvalue weighted by molar-refractivity contribution is 0.876. The van der Waals surface area contributed by atoms with E-state index in [4.69, 9.17) is 5.73 Å². The van der Waals surface area contributed by atoms with Gasteiger partial charge >= 0.3 is 0 Å². The Kier molecular flexibility index (Phi) is 3.82. The Balaban J connectivity index is 1.97. The van der Waals surface area contributed by atoms with E-state index in [-0.39, 0.29) is 6.04 Å². The molecule has 2 aromatic heterocycles. The topological polar surface area (TPSA) is 63.8 Å². The summed E-state index contributed by atoms with van der Waals surface area (Å²) in [6.07, 6.45) is 0. The second-order valence-electron chi connectivity index (χ2n) is 4.93. The largest absolute Gasteiger partial charge is 0.368 e. The third kappa shape index (κ3) is 3.01. The van der Waals surface area contributed by atoms with Gasteiger partial charge in [-0.3, -0.25) is 0 Å². The molecule has 0 aliphatic rings. The summed E-state index contributed by atoms with van der Waals surface area (Å²) in [5.74, 6) is 1.09. The monoisotopic (exact) mass is 362 g/mol. The molecule has 0 aliphatic heterocycles. The number of halogens is 1. The Morgan fingerprint density at radius 1 is 1.29 bits per heavy atom. The van der Waals surface area contributed by atoms with Crippen LogP contribution in [-0.4, -0.2) is 9.97 Å². The molecule has 6 heteroatoms. The number of anilines is 2. The van der Waals surface area contributed by atoms with Gasteiger partial charge in [-0.15, -0.1) is 11.3 Å². The highest BCUT2D eigenvalue weighted by atomic mass is 79.9. The maximum atomic E-state index is 5.81. The minimum atomic E-state index is 0.125. The number of thiophene rings is 1. The lowest BCUT2D eigenvalue weighted by Crippen LogP contribution is -2.09. The molecular weight excluding hydrogens is 348 g/mol. The van der Waals surface area contributed by atoms with Crippen LogP contribution in [0.3, 0.4) is 0 Å². The zero-order valence-corrected chi connectivity index (χ0v) is 14.1. The Labute approximate surface area is 135 Å². The number of benzene rings is 1. The van der Waals surface area contributed by atoms with Gasteiger partial charge in [0.2, 0.25) is 5.95 Å². The van der Waals surface area contributed by atoms with E-state index in [0.717, 1.165) is 20.5 Å². The standard InChI is InChI=1S/C15H15BrN4S/c1-8-6-12-13(19-15(17)20-14(12)21-8)18-9(2)10-4-3-5-11(16)7-10/h3-7,9H,1-2H3,(H3,17,18,19,20). The zero-order chi connectivity index (χ0) is 15.0. The first-order valence-electron chi connectivity index (χ1n) is 6.58. The highest BCUT2D eigenvalue weighted by Gasteiger charge is 2.12. The molecule has 0 fully saturated rings. The molecule has 21 heavy (non-hydrogen) atoms. The molecule has 0 saturated heterocycles. The third-order valence-corrected chi connectivity index (χ3v) is 4.67. The fourth-order valence-corrected chi connectivity index (χ4v) is 3.54. The number of aromatic nitrogens is 2. The molecule has 0 saturated carbocycles. The van der Waals surface area contributed by atoms with Crippen LogP contribution in [0, 0.1) is 6.92 Å². The second-order valence-corrected chi connectivity index (χ2v) is 7.08. The van der Waals surface area contributed by atoms with E-state index in [1.807, 2.05) is 12.1 Å². The molecule has 0 radical (unpaired) electrons. The maximum Gasteiger partial charge on any atom is 0.223 e. The number of nitrogens with zero attached hydrogens (tertiary/aromatic N) is 2. The SMILES string of the molecule is Cc1cc2c(NC(C)c3cccc(Br)c3)nc(N)nc2s1. The molecule has 108 valence electrons. The predicted octanol–water partition coefficient (Wildman–Crippen LogP) is 4.52. The first-order valence-corrected chi connectivity index (χ1v) is 8.19. The molecule has 0 aliphatic carbocycles. The van der Waals surface area contributed by atoms with Crippen molar-refractivity contribution in [2.24, 2.45) is 0 Å². The summed E-state index contributed by atoms with van der Waals surface area (Å²) in [4.78, 5) is 10.8. The van der Waals surface area contributed by atoms with E-state index in [1.165, 1.54) is 10.4 Å². The van der Waals surface area contributed by atoms with E-state index in [0.29, 0.717) is 5.95 Å². The molecule has 0 spiro atoms. The van der Waals surface area contributed by atoms with Gasteiger partial charge in [0.15, 0.2) is 0 Å². The molecule has 3 aromatic rings. The zero-order valence-electron chi connectivity index (χ0n) is 11.7. The summed E-state index contributed by atoms with van der Waals surface area (Å²) in [6.45, 7) is 4.16. The number of nitrogen functional groups attached to an aromatic ring is 1. The van der Waals surface area contributed by atoms with E-state index >= 15 is 0 Å². The van der Waals surface area contributed by atoms with Gasteiger partial charge in [0.1, 0.15) is 10.6 Å². The first kappa shape index (κ1) is 14.3. The van der Waals surface area contributed by atoms with Crippen LogP contribution >= 0.6 is 27.3 Å². The lowest BCUT2D eigenvalue weighted by atomic mass is 10.1. The average Bonchev–Trinajstić information content (AvgIpc) is 2.79. The molecule has 4 nitrogen and oxygen atoms in total. The maximum absolute atomic E-state index is 5.81.